The van der Waals surface area contributed by atoms with Gasteiger partial charge < -0.3 is 14.5 Å². The summed E-state index contributed by atoms with van der Waals surface area (Å²) in [6.45, 7) is 2.36. The van der Waals surface area contributed by atoms with E-state index < -0.39 is 0 Å². The molecule has 2 aromatic carbocycles. The number of aliphatic imine (C=N–C) groups is 1. The number of carbonyl (C=O) groups excluding carboxylic acids is 1. The lowest BCUT2D eigenvalue weighted by molar-refractivity contribution is -0.113. The summed E-state index contributed by atoms with van der Waals surface area (Å²) in [5.41, 5.74) is 3.25. The summed E-state index contributed by atoms with van der Waals surface area (Å²) in [7, 11) is 4.08. The number of amides is 1. The second-order valence-electron chi connectivity index (χ2n) is 7.07. The highest BCUT2D eigenvalue weighted by molar-refractivity contribution is 8.18. The van der Waals surface area contributed by atoms with Crippen molar-refractivity contribution >= 4 is 34.6 Å². The summed E-state index contributed by atoms with van der Waals surface area (Å²) in [4.78, 5) is 21.8. The van der Waals surface area contributed by atoms with E-state index in [4.69, 9.17) is 4.74 Å². The fourth-order valence-corrected chi connectivity index (χ4v) is 4.16. The van der Waals surface area contributed by atoms with Gasteiger partial charge in [-0.25, -0.2) is 0 Å². The molecule has 0 radical (unpaired) electrons. The van der Waals surface area contributed by atoms with Gasteiger partial charge in [-0.3, -0.25) is 4.79 Å². The second-order valence-corrected chi connectivity index (χ2v) is 8.08. The Balaban J connectivity index is 1.56. The molecule has 0 bridgehead atoms. The van der Waals surface area contributed by atoms with E-state index in [0.29, 0.717) is 4.91 Å². The van der Waals surface area contributed by atoms with Gasteiger partial charge in [0.2, 0.25) is 0 Å². The molecule has 0 aromatic heterocycles. The van der Waals surface area contributed by atoms with Crippen LogP contribution in [0.2, 0.25) is 0 Å². The van der Waals surface area contributed by atoms with Gasteiger partial charge in [-0.05, 0) is 67.3 Å². The molecule has 4 rings (SSSR count). The number of rotatable bonds is 5. The number of benzene rings is 2. The first-order chi connectivity index (χ1) is 13.6. The molecule has 2 aliphatic heterocycles. The minimum Gasteiger partial charge on any atom is -0.493 e. The topological polar surface area (TPSA) is 45.1 Å². The lowest BCUT2D eigenvalue weighted by Gasteiger charge is -2.25. The smallest absolute Gasteiger partial charge is 0.286 e. The largest absolute Gasteiger partial charge is 0.493 e. The number of likely N-dealkylation sites (N-methyl/N-ethyl adjacent to an activating group) is 1. The summed E-state index contributed by atoms with van der Waals surface area (Å²) in [5, 5.41) is 0.730. The van der Waals surface area contributed by atoms with Gasteiger partial charge in [-0.1, -0.05) is 24.3 Å². The molecule has 5 nitrogen and oxygen atoms in total. The lowest BCUT2D eigenvalue weighted by Crippen LogP contribution is -2.34. The van der Waals surface area contributed by atoms with Crippen LogP contribution in [0.5, 0.6) is 5.75 Å². The van der Waals surface area contributed by atoms with Crippen LogP contribution in [-0.2, 0) is 11.2 Å². The number of thioether (sulfide) groups is 1. The molecule has 28 heavy (non-hydrogen) atoms. The molecule has 2 aromatic rings. The van der Waals surface area contributed by atoms with Crippen molar-refractivity contribution in [2.75, 3.05) is 38.7 Å². The zero-order valence-electron chi connectivity index (χ0n) is 16.1. The molecule has 0 fully saturated rings. The quantitative estimate of drug-likeness (QED) is 0.726. The Morgan fingerprint density at radius 3 is 2.75 bits per heavy atom. The Labute approximate surface area is 169 Å². The number of hydrogen-bond donors (Lipinski definition) is 0. The molecule has 6 heteroatoms. The predicted molar refractivity (Wildman–Crippen MR) is 116 cm³/mol. The number of fused-ring (bicyclic) bond motifs is 1. The van der Waals surface area contributed by atoms with Crippen LogP contribution >= 0.6 is 11.8 Å². The van der Waals surface area contributed by atoms with Gasteiger partial charge in [0.25, 0.3) is 5.91 Å². The van der Waals surface area contributed by atoms with Gasteiger partial charge in [0, 0.05) is 25.2 Å². The van der Waals surface area contributed by atoms with E-state index in [2.05, 4.69) is 20.9 Å². The molecule has 2 aliphatic rings. The molecule has 144 valence electrons. The maximum Gasteiger partial charge on any atom is 0.286 e. The van der Waals surface area contributed by atoms with Crippen LogP contribution < -0.4 is 9.64 Å². The van der Waals surface area contributed by atoms with Crippen LogP contribution in [0, 0.1) is 0 Å². The van der Waals surface area contributed by atoms with E-state index in [1.807, 2.05) is 62.6 Å². The zero-order chi connectivity index (χ0) is 19.5. The van der Waals surface area contributed by atoms with Gasteiger partial charge >= 0.3 is 0 Å². The summed E-state index contributed by atoms with van der Waals surface area (Å²) < 4.78 is 5.56. The number of para-hydroxylation sites is 1. The number of ether oxygens (including phenoxy) is 1. The number of anilines is 1. The number of amidine groups is 1. The number of carbonyl (C=O) groups is 1. The fraction of sp³-hybridized carbons (Fsp3) is 0.273. The van der Waals surface area contributed by atoms with Crippen molar-refractivity contribution in [2.45, 2.75) is 6.42 Å². The minimum atomic E-state index is -0.178. The molecular formula is C22H23N3O2S. The van der Waals surface area contributed by atoms with Crippen molar-refractivity contribution < 1.29 is 9.53 Å². The normalized spacial score (nSPS) is 17.0. The molecule has 0 spiro atoms. The van der Waals surface area contributed by atoms with Crippen molar-refractivity contribution in [3.8, 4) is 5.75 Å². The van der Waals surface area contributed by atoms with E-state index in [1.54, 1.807) is 0 Å². The van der Waals surface area contributed by atoms with E-state index >= 15 is 0 Å². The van der Waals surface area contributed by atoms with E-state index in [9.17, 15) is 4.79 Å². The molecule has 1 amide bonds. The number of hydrogen-bond acceptors (Lipinski definition) is 5. The lowest BCUT2D eigenvalue weighted by atomic mass is 10.1. The average molecular weight is 394 g/mol. The predicted octanol–water partition coefficient (Wildman–Crippen LogP) is 3.66. The minimum absolute atomic E-state index is 0.178. The Kier molecular flexibility index (Phi) is 5.50. The molecule has 2 heterocycles. The molecule has 0 unspecified atom stereocenters. The first-order valence-corrected chi connectivity index (χ1v) is 10.2. The average Bonchev–Trinajstić information content (AvgIpc) is 3.29. The van der Waals surface area contributed by atoms with Crippen LogP contribution in [0.1, 0.15) is 11.1 Å². The first kappa shape index (κ1) is 18.8. The maximum atomic E-state index is 12.6. The van der Waals surface area contributed by atoms with Crippen LogP contribution in [-0.4, -0.2) is 49.8 Å². The van der Waals surface area contributed by atoms with Crippen LogP contribution in [0.15, 0.2) is 58.4 Å². The SMILES string of the molecule is CN(C)CCN(C1=NC(=O)C(=Cc2ccc3c(c2)CCO3)S1)c1ccccc1. The molecule has 0 atom stereocenters. The number of nitrogens with zero attached hydrogens (tertiary/aromatic N) is 3. The molecule has 0 N–H and O–H groups in total. The monoisotopic (exact) mass is 393 g/mol. The van der Waals surface area contributed by atoms with Crippen LogP contribution in [0.25, 0.3) is 6.08 Å². The highest BCUT2D eigenvalue weighted by Gasteiger charge is 2.27. The van der Waals surface area contributed by atoms with Gasteiger partial charge in [0.05, 0.1) is 11.5 Å². The molecule has 0 saturated heterocycles. The van der Waals surface area contributed by atoms with Gasteiger partial charge in [0.15, 0.2) is 5.17 Å². The van der Waals surface area contributed by atoms with Gasteiger partial charge in [-0.15, -0.1) is 0 Å². The van der Waals surface area contributed by atoms with Crippen molar-refractivity contribution in [3.63, 3.8) is 0 Å². The highest BCUT2D eigenvalue weighted by Crippen LogP contribution is 2.33. The second kappa shape index (κ2) is 8.20. The molecular weight excluding hydrogens is 370 g/mol. The van der Waals surface area contributed by atoms with Crippen molar-refractivity contribution in [2.24, 2.45) is 4.99 Å². The Morgan fingerprint density at radius 2 is 1.96 bits per heavy atom. The van der Waals surface area contributed by atoms with Crippen molar-refractivity contribution in [1.29, 1.82) is 0 Å². The molecule has 0 aliphatic carbocycles. The zero-order valence-corrected chi connectivity index (χ0v) is 16.9. The third kappa shape index (κ3) is 4.13. The van der Waals surface area contributed by atoms with Crippen molar-refractivity contribution in [1.82, 2.24) is 4.90 Å². The third-order valence-electron chi connectivity index (χ3n) is 4.69. The fourth-order valence-electron chi connectivity index (χ4n) is 3.20. The van der Waals surface area contributed by atoms with Gasteiger partial charge in [-0.2, -0.15) is 4.99 Å². The third-order valence-corrected chi connectivity index (χ3v) is 5.70. The Hall–Kier alpha value is -2.57. The molecule has 0 saturated carbocycles. The highest BCUT2D eigenvalue weighted by atomic mass is 32.2. The summed E-state index contributed by atoms with van der Waals surface area (Å²) >= 11 is 1.44. The Bertz CT molecular complexity index is 938. The summed E-state index contributed by atoms with van der Waals surface area (Å²) in [6.07, 6.45) is 2.85. The Morgan fingerprint density at radius 1 is 1.14 bits per heavy atom. The standard InChI is InChI=1S/C22H23N3O2S/c1-24(2)11-12-25(18-6-4-3-5-7-18)22-23-21(26)20(28-22)15-16-8-9-19-17(14-16)10-13-27-19/h3-9,14-15H,10-13H2,1-2H3. The first-order valence-electron chi connectivity index (χ1n) is 9.36. The maximum absolute atomic E-state index is 12.6. The van der Waals surface area contributed by atoms with Gasteiger partial charge in [0.1, 0.15) is 5.75 Å². The van der Waals surface area contributed by atoms with Crippen LogP contribution in [0.3, 0.4) is 0 Å². The van der Waals surface area contributed by atoms with E-state index in [-0.39, 0.29) is 5.91 Å². The van der Waals surface area contributed by atoms with E-state index in [1.165, 1.54) is 17.3 Å². The summed E-state index contributed by atoms with van der Waals surface area (Å²) in [6, 6.07) is 16.2. The van der Waals surface area contributed by atoms with E-state index in [0.717, 1.165) is 48.3 Å². The summed E-state index contributed by atoms with van der Waals surface area (Å²) in [5.74, 6) is 0.769. The van der Waals surface area contributed by atoms with Crippen molar-refractivity contribution in [3.05, 3.63) is 64.6 Å². The van der Waals surface area contributed by atoms with Crippen LogP contribution in [0.4, 0.5) is 5.69 Å².